The summed E-state index contributed by atoms with van der Waals surface area (Å²) in [6.45, 7) is 0.0922. The van der Waals surface area contributed by atoms with Crippen LogP contribution in [0.4, 0.5) is 10.1 Å². The van der Waals surface area contributed by atoms with Gasteiger partial charge in [-0.05, 0) is 35.4 Å². The van der Waals surface area contributed by atoms with Gasteiger partial charge in [0.15, 0.2) is 15.5 Å². The lowest BCUT2D eigenvalue weighted by Gasteiger charge is -2.13. The Morgan fingerprint density at radius 3 is 2.73 bits per heavy atom. The number of aromatic carboxylic acids is 1. The molecule has 0 saturated heterocycles. The van der Waals surface area contributed by atoms with E-state index in [4.69, 9.17) is 11.6 Å². The van der Waals surface area contributed by atoms with Gasteiger partial charge in [0.25, 0.3) is 5.91 Å². The predicted octanol–water partition coefficient (Wildman–Crippen LogP) is 3.33. The maximum Gasteiger partial charge on any atom is 0.335 e. The molecule has 190 valence electrons. The fourth-order valence-corrected chi connectivity index (χ4v) is 6.31. The number of carbonyl (C=O) groups excluding carboxylic acids is 1. The van der Waals surface area contributed by atoms with E-state index in [9.17, 15) is 27.5 Å². The number of sulfone groups is 1. The number of anilines is 1. The maximum absolute atomic E-state index is 13.4. The van der Waals surface area contributed by atoms with Crippen LogP contribution in [-0.2, 0) is 23.4 Å². The van der Waals surface area contributed by atoms with Crippen LogP contribution >= 0.6 is 11.6 Å². The Labute approximate surface area is 215 Å². The van der Waals surface area contributed by atoms with Gasteiger partial charge in [0.2, 0.25) is 0 Å². The average Bonchev–Trinajstić information content (AvgIpc) is 3.31. The van der Waals surface area contributed by atoms with E-state index >= 15 is 0 Å². The van der Waals surface area contributed by atoms with E-state index in [-0.39, 0.29) is 33.5 Å². The molecule has 10 nitrogen and oxygen atoms in total. The van der Waals surface area contributed by atoms with Gasteiger partial charge in [-0.2, -0.15) is 0 Å². The monoisotopic (exact) mass is 543 g/mol. The minimum absolute atomic E-state index is 0.0271. The largest absolute Gasteiger partial charge is 0.478 e. The summed E-state index contributed by atoms with van der Waals surface area (Å²) in [6, 6.07) is 7.51. The van der Waals surface area contributed by atoms with Crippen LogP contribution < -0.4 is 10.6 Å². The minimum Gasteiger partial charge on any atom is -0.478 e. The lowest BCUT2D eigenvalue weighted by atomic mass is 10.1. The van der Waals surface area contributed by atoms with Crippen LogP contribution in [0.2, 0.25) is 5.02 Å². The standard InChI is InChI=1S/C24H19ClFN5O5S/c1-31-9-17(30-18-10-37(35,36)19-7-13(24(33)34)3-4-14(18)19)20-22(31)21(29-11-28-20)23(32)27-8-12-2-5-16(26)15(25)6-12/h2-7,9,11,18,30H,8,10H2,1H3,(H,27,32)(H,33,34). The summed E-state index contributed by atoms with van der Waals surface area (Å²) in [5.41, 5.74) is 2.34. The fraction of sp³-hybridized carbons (Fsp3) is 0.167. The Hall–Kier alpha value is -4.03. The van der Waals surface area contributed by atoms with E-state index < -0.39 is 33.6 Å². The average molecular weight is 544 g/mol. The summed E-state index contributed by atoms with van der Waals surface area (Å²) in [7, 11) is -2.00. The Morgan fingerprint density at radius 2 is 2.00 bits per heavy atom. The highest BCUT2D eigenvalue weighted by molar-refractivity contribution is 7.91. The van der Waals surface area contributed by atoms with Crippen molar-refractivity contribution >= 4 is 50.0 Å². The number of hydrogen-bond acceptors (Lipinski definition) is 7. The molecule has 0 bridgehead atoms. The summed E-state index contributed by atoms with van der Waals surface area (Å²) in [4.78, 5) is 32.7. The van der Waals surface area contributed by atoms with Gasteiger partial charge < -0.3 is 20.3 Å². The highest BCUT2D eigenvalue weighted by atomic mass is 35.5. The van der Waals surface area contributed by atoms with Gasteiger partial charge in [-0.25, -0.2) is 27.6 Å². The third kappa shape index (κ3) is 4.49. The van der Waals surface area contributed by atoms with E-state index in [0.29, 0.717) is 27.8 Å². The Morgan fingerprint density at radius 1 is 1.22 bits per heavy atom. The molecule has 0 aliphatic carbocycles. The topological polar surface area (TPSA) is 143 Å². The highest BCUT2D eigenvalue weighted by Crippen LogP contribution is 2.38. The molecule has 0 radical (unpaired) electrons. The number of carbonyl (C=O) groups is 2. The van der Waals surface area contributed by atoms with E-state index in [1.165, 1.54) is 36.7 Å². The zero-order chi connectivity index (χ0) is 26.5. The molecule has 1 atom stereocenters. The number of hydrogen-bond donors (Lipinski definition) is 3. The number of carboxylic acids is 1. The summed E-state index contributed by atoms with van der Waals surface area (Å²) < 4.78 is 40.5. The molecule has 0 fully saturated rings. The number of fused-ring (bicyclic) bond motifs is 2. The summed E-state index contributed by atoms with van der Waals surface area (Å²) >= 11 is 5.81. The number of benzene rings is 2. The molecule has 1 aliphatic rings. The first-order valence-corrected chi connectivity index (χ1v) is 13.0. The first-order valence-electron chi connectivity index (χ1n) is 10.9. The molecule has 2 aromatic heterocycles. The number of rotatable bonds is 6. The lowest BCUT2D eigenvalue weighted by molar-refractivity contribution is 0.0696. The van der Waals surface area contributed by atoms with Crippen molar-refractivity contribution < 1.29 is 27.5 Å². The summed E-state index contributed by atoms with van der Waals surface area (Å²) in [5.74, 6) is -2.53. The molecule has 2 aromatic carbocycles. The molecular formula is C24H19ClFN5O5S. The van der Waals surface area contributed by atoms with E-state index in [2.05, 4.69) is 20.6 Å². The van der Waals surface area contributed by atoms with Crippen LogP contribution in [0, 0.1) is 5.82 Å². The van der Waals surface area contributed by atoms with Gasteiger partial charge in [0, 0.05) is 19.8 Å². The predicted molar refractivity (Wildman–Crippen MR) is 133 cm³/mol. The van der Waals surface area contributed by atoms with Crippen molar-refractivity contribution in [3.8, 4) is 0 Å². The molecule has 5 rings (SSSR count). The molecule has 1 unspecified atom stereocenters. The Balaban J connectivity index is 1.43. The van der Waals surface area contributed by atoms with Crippen LogP contribution in [0.25, 0.3) is 11.0 Å². The van der Waals surface area contributed by atoms with Crippen LogP contribution in [-0.4, -0.2) is 45.7 Å². The van der Waals surface area contributed by atoms with Crippen molar-refractivity contribution in [2.45, 2.75) is 17.5 Å². The second-order valence-electron chi connectivity index (χ2n) is 8.54. The van der Waals surface area contributed by atoms with Crippen molar-refractivity contribution in [2.75, 3.05) is 11.1 Å². The second kappa shape index (κ2) is 9.12. The first kappa shape index (κ1) is 24.7. The van der Waals surface area contributed by atoms with Gasteiger partial charge in [0.05, 0.1) is 33.0 Å². The molecule has 0 spiro atoms. The molecule has 13 heteroatoms. The lowest BCUT2D eigenvalue weighted by Crippen LogP contribution is -2.24. The zero-order valence-corrected chi connectivity index (χ0v) is 20.8. The van der Waals surface area contributed by atoms with Crippen molar-refractivity contribution in [2.24, 2.45) is 7.05 Å². The smallest absolute Gasteiger partial charge is 0.335 e. The number of nitrogens with one attached hydrogen (secondary N) is 2. The van der Waals surface area contributed by atoms with Crippen molar-refractivity contribution in [3.05, 3.63) is 82.1 Å². The van der Waals surface area contributed by atoms with Crippen LogP contribution in [0.5, 0.6) is 0 Å². The maximum atomic E-state index is 13.4. The molecule has 0 saturated carbocycles. The third-order valence-corrected chi connectivity index (χ3v) is 8.18. The zero-order valence-electron chi connectivity index (χ0n) is 19.2. The fourth-order valence-electron chi connectivity index (χ4n) is 4.35. The van der Waals surface area contributed by atoms with Crippen molar-refractivity contribution in [1.82, 2.24) is 19.9 Å². The Bertz CT molecular complexity index is 1710. The SMILES string of the molecule is Cn1cc(NC2CS(=O)(=O)c3cc(C(=O)O)ccc32)c2ncnc(C(=O)NCc3ccc(F)c(Cl)c3)c21. The number of carboxylic acid groups (broad SMARTS) is 1. The van der Waals surface area contributed by atoms with Crippen LogP contribution in [0.15, 0.2) is 53.8 Å². The summed E-state index contributed by atoms with van der Waals surface area (Å²) in [5, 5.41) is 15.1. The van der Waals surface area contributed by atoms with Gasteiger partial charge in [0.1, 0.15) is 23.2 Å². The highest BCUT2D eigenvalue weighted by Gasteiger charge is 2.36. The number of halogens is 2. The van der Waals surface area contributed by atoms with E-state index in [0.717, 1.165) is 6.07 Å². The molecule has 3 heterocycles. The molecule has 37 heavy (non-hydrogen) atoms. The van der Waals surface area contributed by atoms with Gasteiger partial charge in [-0.3, -0.25) is 4.79 Å². The van der Waals surface area contributed by atoms with E-state index in [1.807, 2.05) is 0 Å². The normalized spacial score (nSPS) is 15.9. The van der Waals surface area contributed by atoms with Crippen LogP contribution in [0.3, 0.4) is 0 Å². The number of amides is 1. The molecule has 1 aliphatic heterocycles. The van der Waals surface area contributed by atoms with Gasteiger partial charge in [-0.15, -0.1) is 0 Å². The molecular weight excluding hydrogens is 525 g/mol. The summed E-state index contributed by atoms with van der Waals surface area (Å²) in [6.07, 6.45) is 2.90. The first-order chi connectivity index (χ1) is 17.5. The van der Waals surface area contributed by atoms with Gasteiger partial charge in [-0.1, -0.05) is 23.7 Å². The van der Waals surface area contributed by atoms with Crippen molar-refractivity contribution in [3.63, 3.8) is 0 Å². The quantitative estimate of drug-likeness (QED) is 0.336. The number of aromatic nitrogens is 3. The van der Waals surface area contributed by atoms with Crippen LogP contribution in [0.1, 0.15) is 38.0 Å². The van der Waals surface area contributed by atoms with Crippen molar-refractivity contribution in [1.29, 1.82) is 0 Å². The van der Waals surface area contributed by atoms with E-state index in [1.54, 1.807) is 17.8 Å². The number of aryl methyl sites for hydroxylation is 1. The van der Waals surface area contributed by atoms with Gasteiger partial charge >= 0.3 is 5.97 Å². The molecule has 4 aromatic rings. The third-order valence-electron chi connectivity index (χ3n) is 6.09. The second-order valence-corrected chi connectivity index (χ2v) is 11.0. The minimum atomic E-state index is -3.70. The molecule has 1 amide bonds. The number of nitrogens with zero attached hydrogens (tertiary/aromatic N) is 3. The molecule has 3 N–H and O–H groups in total. The Kier molecular flexibility index (Phi) is 6.08.